The number of aromatic nitrogens is 2. The minimum absolute atomic E-state index is 0.0472. The lowest BCUT2D eigenvalue weighted by Gasteiger charge is -2.17. The molecular weight excluding hydrogens is 214 g/mol. The summed E-state index contributed by atoms with van der Waals surface area (Å²) in [5.41, 5.74) is 3.37. The molecule has 0 radical (unpaired) electrons. The van der Waals surface area contributed by atoms with E-state index in [0.717, 1.165) is 17.8 Å². The molecule has 4 nitrogen and oxygen atoms in total. The maximum Gasteiger partial charge on any atom is 0.220 e. The van der Waals surface area contributed by atoms with E-state index < -0.39 is 0 Å². The van der Waals surface area contributed by atoms with Crippen LogP contribution in [0.25, 0.3) is 0 Å². The number of nitrogens with one attached hydrogen (secondary N) is 2. The summed E-state index contributed by atoms with van der Waals surface area (Å²) in [6.07, 6.45) is 1.40. The first-order valence-corrected chi connectivity index (χ1v) is 6.07. The maximum absolute atomic E-state index is 11.6. The molecule has 0 spiro atoms. The highest BCUT2D eigenvalue weighted by molar-refractivity contribution is 5.76. The van der Waals surface area contributed by atoms with Crippen molar-refractivity contribution in [1.82, 2.24) is 15.5 Å². The van der Waals surface area contributed by atoms with Gasteiger partial charge in [-0.25, -0.2) is 0 Å². The first kappa shape index (κ1) is 13.7. The van der Waals surface area contributed by atoms with Crippen LogP contribution in [0.1, 0.15) is 44.1 Å². The van der Waals surface area contributed by atoms with Crippen LogP contribution in [-0.2, 0) is 11.2 Å². The highest BCUT2D eigenvalue weighted by Gasteiger charge is 2.15. The van der Waals surface area contributed by atoms with Crippen LogP contribution in [-0.4, -0.2) is 22.6 Å². The second-order valence-corrected chi connectivity index (χ2v) is 5.75. The molecule has 0 saturated carbocycles. The molecule has 0 atom stereocenters. The number of rotatable bonds is 4. The van der Waals surface area contributed by atoms with Gasteiger partial charge >= 0.3 is 0 Å². The highest BCUT2D eigenvalue weighted by atomic mass is 16.1. The van der Waals surface area contributed by atoms with E-state index in [0.29, 0.717) is 13.0 Å². The SMILES string of the molecule is Cc1n[nH]c(C)c1CCNC(=O)CC(C)(C)C. The van der Waals surface area contributed by atoms with E-state index in [1.54, 1.807) is 0 Å². The van der Waals surface area contributed by atoms with Crippen LogP contribution >= 0.6 is 0 Å². The molecule has 17 heavy (non-hydrogen) atoms. The third-order valence-electron chi connectivity index (χ3n) is 2.67. The van der Waals surface area contributed by atoms with E-state index in [9.17, 15) is 4.79 Å². The van der Waals surface area contributed by atoms with Gasteiger partial charge in [0.25, 0.3) is 0 Å². The molecule has 2 N–H and O–H groups in total. The highest BCUT2D eigenvalue weighted by Crippen LogP contribution is 2.17. The molecule has 0 aliphatic carbocycles. The fourth-order valence-corrected chi connectivity index (χ4v) is 1.81. The molecule has 0 aliphatic heterocycles. The zero-order valence-electron chi connectivity index (χ0n) is 11.5. The van der Waals surface area contributed by atoms with Crippen molar-refractivity contribution in [1.29, 1.82) is 0 Å². The Labute approximate surface area is 103 Å². The number of hydrogen-bond acceptors (Lipinski definition) is 2. The minimum Gasteiger partial charge on any atom is -0.356 e. The lowest BCUT2D eigenvalue weighted by Crippen LogP contribution is -2.29. The van der Waals surface area contributed by atoms with Gasteiger partial charge in [-0.1, -0.05) is 20.8 Å². The van der Waals surface area contributed by atoms with Crippen molar-refractivity contribution in [3.63, 3.8) is 0 Å². The predicted octanol–water partition coefficient (Wildman–Crippen LogP) is 2.12. The van der Waals surface area contributed by atoms with Gasteiger partial charge in [0, 0.05) is 18.7 Å². The Bertz CT molecular complexity index is 368. The third-order valence-corrected chi connectivity index (χ3v) is 2.67. The zero-order valence-corrected chi connectivity index (χ0v) is 11.5. The molecular formula is C13H23N3O. The van der Waals surface area contributed by atoms with Crippen molar-refractivity contribution < 1.29 is 4.79 Å². The average molecular weight is 237 g/mol. The van der Waals surface area contributed by atoms with E-state index in [2.05, 4.69) is 36.3 Å². The van der Waals surface area contributed by atoms with Crippen LogP contribution in [0.4, 0.5) is 0 Å². The summed E-state index contributed by atoms with van der Waals surface area (Å²) in [5, 5.41) is 10.0. The van der Waals surface area contributed by atoms with Crippen molar-refractivity contribution in [3.8, 4) is 0 Å². The second kappa shape index (κ2) is 5.34. The molecule has 0 bridgehead atoms. The molecule has 0 fully saturated rings. The monoisotopic (exact) mass is 237 g/mol. The van der Waals surface area contributed by atoms with E-state index in [1.165, 1.54) is 5.56 Å². The van der Waals surface area contributed by atoms with Crippen molar-refractivity contribution in [3.05, 3.63) is 17.0 Å². The molecule has 1 amide bonds. The fourth-order valence-electron chi connectivity index (χ4n) is 1.81. The van der Waals surface area contributed by atoms with Crippen LogP contribution in [0.3, 0.4) is 0 Å². The van der Waals surface area contributed by atoms with Gasteiger partial charge in [-0.2, -0.15) is 5.10 Å². The lowest BCUT2D eigenvalue weighted by molar-refractivity contribution is -0.122. The molecule has 0 aliphatic rings. The van der Waals surface area contributed by atoms with Crippen molar-refractivity contribution in [2.75, 3.05) is 6.54 Å². The Balaban J connectivity index is 2.36. The normalized spacial score (nSPS) is 11.6. The van der Waals surface area contributed by atoms with Gasteiger partial charge in [-0.15, -0.1) is 0 Å². The maximum atomic E-state index is 11.6. The molecule has 0 unspecified atom stereocenters. The van der Waals surface area contributed by atoms with Crippen molar-refractivity contribution in [2.45, 2.75) is 47.5 Å². The Kier molecular flexibility index (Phi) is 4.32. The number of carbonyl (C=O) groups is 1. The molecule has 96 valence electrons. The number of aromatic amines is 1. The minimum atomic E-state index is 0.0472. The van der Waals surface area contributed by atoms with Crippen molar-refractivity contribution >= 4 is 5.91 Å². The average Bonchev–Trinajstić information content (AvgIpc) is 2.46. The molecule has 1 rings (SSSR count). The smallest absolute Gasteiger partial charge is 0.220 e. The topological polar surface area (TPSA) is 57.8 Å². The van der Waals surface area contributed by atoms with Crippen LogP contribution in [0.5, 0.6) is 0 Å². The van der Waals surface area contributed by atoms with Crippen LogP contribution in [0.2, 0.25) is 0 Å². The summed E-state index contributed by atoms with van der Waals surface area (Å²) < 4.78 is 0. The van der Waals surface area contributed by atoms with Crippen LogP contribution in [0, 0.1) is 19.3 Å². The van der Waals surface area contributed by atoms with Gasteiger partial charge in [-0.05, 0) is 31.2 Å². The van der Waals surface area contributed by atoms with Gasteiger partial charge in [0.05, 0.1) is 5.69 Å². The number of amides is 1. The van der Waals surface area contributed by atoms with E-state index in [-0.39, 0.29) is 11.3 Å². The van der Waals surface area contributed by atoms with Gasteiger partial charge < -0.3 is 5.32 Å². The quantitative estimate of drug-likeness (QED) is 0.842. The van der Waals surface area contributed by atoms with Gasteiger partial charge in [0.1, 0.15) is 0 Å². The summed E-state index contributed by atoms with van der Waals surface area (Å²) in [4.78, 5) is 11.6. The van der Waals surface area contributed by atoms with E-state index >= 15 is 0 Å². The van der Waals surface area contributed by atoms with Crippen LogP contribution in [0.15, 0.2) is 0 Å². The summed E-state index contributed by atoms with van der Waals surface area (Å²) >= 11 is 0. The lowest BCUT2D eigenvalue weighted by atomic mass is 9.92. The summed E-state index contributed by atoms with van der Waals surface area (Å²) in [6, 6.07) is 0. The molecule has 4 heteroatoms. The Hall–Kier alpha value is -1.32. The second-order valence-electron chi connectivity index (χ2n) is 5.75. The number of nitrogens with zero attached hydrogens (tertiary/aromatic N) is 1. The van der Waals surface area contributed by atoms with Gasteiger partial charge in [-0.3, -0.25) is 9.89 Å². The van der Waals surface area contributed by atoms with E-state index in [4.69, 9.17) is 0 Å². The van der Waals surface area contributed by atoms with Crippen molar-refractivity contribution in [2.24, 2.45) is 5.41 Å². The van der Waals surface area contributed by atoms with Crippen LogP contribution < -0.4 is 5.32 Å². The fraction of sp³-hybridized carbons (Fsp3) is 0.692. The van der Waals surface area contributed by atoms with E-state index in [1.807, 2.05) is 13.8 Å². The van der Waals surface area contributed by atoms with Gasteiger partial charge in [0.2, 0.25) is 5.91 Å². The summed E-state index contributed by atoms with van der Waals surface area (Å²) in [5.74, 6) is 0.122. The summed E-state index contributed by atoms with van der Waals surface area (Å²) in [7, 11) is 0. The van der Waals surface area contributed by atoms with Gasteiger partial charge in [0.15, 0.2) is 0 Å². The first-order chi connectivity index (χ1) is 7.79. The Morgan fingerprint density at radius 2 is 2.00 bits per heavy atom. The Morgan fingerprint density at radius 3 is 2.47 bits per heavy atom. The number of hydrogen-bond donors (Lipinski definition) is 2. The molecule has 0 saturated heterocycles. The zero-order chi connectivity index (χ0) is 13.1. The number of aryl methyl sites for hydroxylation is 2. The third kappa shape index (κ3) is 4.59. The molecule has 1 heterocycles. The molecule has 0 aromatic carbocycles. The predicted molar refractivity (Wildman–Crippen MR) is 68.8 cm³/mol. The Morgan fingerprint density at radius 1 is 1.35 bits per heavy atom. The molecule has 1 aromatic heterocycles. The largest absolute Gasteiger partial charge is 0.356 e. The number of carbonyl (C=O) groups excluding carboxylic acids is 1. The number of H-pyrrole nitrogens is 1. The standard InChI is InChI=1S/C13H23N3O/c1-9-11(10(2)16-15-9)6-7-14-12(17)8-13(3,4)5/h6-8H2,1-5H3,(H,14,17)(H,15,16). The molecule has 1 aromatic rings. The first-order valence-electron chi connectivity index (χ1n) is 6.07. The summed E-state index contributed by atoms with van der Waals surface area (Å²) in [6.45, 7) is 10.9.